The molecule has 0 saturated carbocycles. The Bertz CT molecular complexity index is 583. The molecule has 2 rings (SSSR count). The largest absolute Gasteiger partial charge is 0.341 e. The van der Waals surface area contributed by atoms with Gasteiger partial charge < -0.3 is 4.90 Å². The van der Waals surface area contributed by atoms with E-state index in [9.17, 15) is 4.79 Å². The normalized spacial score (nSPS) is 11.9. The van der Waals surface area contributed by atoms with E-state index in [1.165, 1.54) is 5.56 Å². The molecule has 2 nitrogen and oxygen atoms in total. The summed E-state index contributed by atoms with van der Waals surface area (Å²) in [7, 11) is 1.85. The van der Waals surface area contributed by atoms with Crippen LogP contribution in [0.1, 0.15) is 28.8 Å². The monoisotopic (exact) mass is 331 g/mol. The van der Waals surface area contributed by atoms with Crippen LogP contribution in [0.3, 0.4) is 0 Å². The fourth-order valence-corrected chi connectivity index (χ4v) is 2.62. The fraction of sp³-hybridized carbons (Fsp3) is 0.235. The molecule has 3 heteroatoms. The van der Waals surface area contributed by atoms with E-state index in [4.69, 9.17) is 0 Å². The molecule has 1 unspecified atom stereocenters. The Morgan fingerprint density at radius 3 is 2.50 bits per heavy atom. The van der Waals surface area contributed by atoms with Gasteiger partial charge in [0.1, 0.15) is 0 Å². The topological polar surface area (TPSA) is 20.3 Å². The van der Waals surface area contributed by atoms with Gasteiger partial charge in [-0.05, 0) is 29.7 Å². The Labute approximate surface area is 128 Å². The van der Waals surface area contributed by atoms with Crippen LogP contribution in [0, 0.1) is 0 Å². The maximum Gasteiger partial charge on any atom is 0.253 e. The molecule has 0 heterocycles. The molecule has 0 spiro atoms. The van der Waals surface area contributed by atoms with Crippen molar-refractivity contribution in [3.05, 3.63) is 70.2 Å². The zero-order chi connectivity index (χ0) is 14.5. The lowest BCUT2D eigenvalue weighted by Gasteiger charge is -2.22. The average Bonchev–Trinajstić information content (AvgIpc) is 2.47. The lowest BCUT2D eigenvalue weighted by atomic mass is 10.0. The first-order chi connectivity index (χ1) is 9.58. The number of benzene rings is 2. The van der Waals surface area contributed by atoms with Crippen molar-refractivity contribution >= 4 is 21.8 Å². The predicted molar refractivity (Wildman–Crippen MR) is 86.0 cm³/mol. The molecule has 0 fully saturated rings. The van der Waals surface area contributed by atoms with E-state index in [2.05, 4.69) is 35.0 Å². The summed E-state index contributed by atoms with van der Waals surface area (Å²) in [5.74, 6) is 0.367. The number of rotatable bonds is 4. The molecule has 104 valence electrons. The van der Waals surface area contributed by atoms with Crippen molar-refractivity contribution in [2.24, 2.45) is 0 Å². The van der Waals surface area contributed by atoms with Crippen LogP contribution in [0.25, 0.3) is 0 Å². The Kier molecular flexibility index (Phi) is 4.96. The van der Waals surface area contributed by atoms with Gasteiger partial charge in [-0.25, -0.2) is 0 Å². The van der Waals surface area contributed by atoms with Crippen LogP contribution in [-0.4, -0.2) is 24.4 Å². The molecule has 0 aromatic heterocycles. The second-order valence-electron chi connectivity index (χ2n) is 5.01. The molecule has 0 N–H and O–H groups in total. The van der Waals surface area contributed by atoms with Crippen LogP contribution in [0.2, 0.25) is 0 Å². The van der Waals surface area contributed by atoms with Crippen molar-refractivity contribution in [2.75, 3.05) is 13.6 Å². The summed E-state index contributed by atoms with van der Waals surface area (Å²) < 4.78 is 0.924. The summed E-state index contributed by atoms with van der Waals surface area (Å²) in [5.41, 5.74) is 1.96. The van der Waals surface area contributed by atoms with Crippen LogP contribution in [0.15, 0.2) is 59.1 Å². The van der Waals surface area contributed by atoms with E-state index in [0.717, 1.165) is 4.47 Å². The molecule has 2 aromatic carbocycles. The van der Waals surface area contributed by atoms with Gasteiger partial charge in [-0.1, -0.05) is 59.3 Å². The first-order valence-corrected chi connectivity index (χ1v) is 7.43. The molecule has 0 radical (unpaired) electrons. The van der Waals surface area contributed by atoms with Crippen LogP contribution < -0.4 is 0 Å². The SMILES string of the molecule is CC(CN(C)C(=O)c1cccc(Br)c1)c1ccccc1. The van der Waals surface area contributed by atoms with Crippen LogP contribution in [0.5, 0.6) is 0 Å². The number of carbonyl (C=O) groups excluding carboxylic acids is 1. The van der Waals surface area contributed by atoms with E-state index >= 15 is 0 Å². The number of nitrogens with zero attached hydrogens (tertiary/aromatic N) is 1. The zero-order valence-electron chi connectivity index (χ0n) is 11.7. The lowest BCUT2D eigenvalue weighted by molar-refractivity contribution is 0.0788. The summed E-state index contributed by atoms with van der Waals surface area (Å²) in [4.78, 5) is 14.1. The van der Waals surface area contributed by atoms with Crippen molar-refractivity contribution in [1.82, 2.24) is 4.90 Å². The second-order valence-corrected chi connectivity index (χ2v) is 5.92. The maximum absolute atomic E-state index is 12.4. The molecule has 0 saturated heterocycles. The van der Waals surface area contributed by atoms with Gasteiger partial charge in [0.05, 0.1) is 0 Å². The third-order valence-corrected chi connectivity index (χ3v) is 3.83. The molecular weight excluding hydrogens is 314 g/mol. The predicted octanol–water partition coefficient (Wildman–Crippen LogP) is 4.32. The van der Waals surface area contributed by atoms with E-state index in [-0.39, 0.29) is 5.91 Å². The number of carbonyl (C=O) groups is 1. The highest BCUT2D eigenvalue weighted by atomic mass is 79.9. The van der Waals surface area contributed by atoms with E-state index < -0.39 is 0 Å². The Balaban J connectivity index is 2.05. The van der Waals surface area contributed by atoms with E-state index in [1.54, 1.807) is 4.90 Å². The molecule has 2 aromatic rings. The van der Waals surface area contributed by atoms with Crippen molar-refractivity contribution in [2.45, 2.75) is 12.8 Å². The van der Waals surface area contributed by atoms with Gasteiger partial charge in [0, 0.05) is 23.6 Å². The minimum Gasteiger partial charge on any atom is -0.341 e. The van der Waals surface area contributed by atoms with E-state index in [1.807, 2.05) is 49.5 Å². The minimum absolute atomic E-state index is 0.0501. The summed E-state index contributed by atoms with van der Waals surface area (Å²) in [6.45, 7) is 2.84. The van der Waals surface area contributed by atoms with E-state index in [0.29, 0.717) is 18.0 Å². The smallest absolute Gasteiger partial charge is 0.253 e. The Hall–Kier alpha value is -1.61. The van der Waals surface area contributed by atoms with Gasteiger partial charge >= 0.3 is 0 Å². The standard InChI is InChI=1S/C17H18BrNO/c1-13(14-7-4-3-5-8-14)12-19(2)17(20)15-9-6-10-16(18)11-15/h3-11,13H,12H2,1-2H3. The summed E-state index contributed by atoms with van der Waals surface area (Å²) in [6.07, 6.45) is 0. The zero-order valence-corrected chi connectivity index (χ0v) is 13.3. The van der Waals surface area contributed by atoms with Crippen LogP contribution in [-0.2, 0) is 0 Å². The highest BCUT2D eigenvalue weighted by molar-refractivity contribution is 9.10. The van der Waals surface area contributed by atoms with Crippen molar-refractivity contribution in [1.29, 1.82) is 0 Å². The number of likely N-dealkylation sites (N-methyl/N-ethyl adjacent to an activating group) is 1. The van der Waals surface area contributed by atoms with Gasteiger partial charge in [0.15, 0.2) is 0 Å². The average molecular weight is 332 g/mol. The molecule has 0 bridgehead atoms. The van der Waals surface area contributed by atoms with Gasteiger partial charge in [0.25, 0.3) is 5.91 Å². The van der Waals surface area contributed by atoms with Gasteiger partial charge in [-0.2, -0.15) is 0 Å². The third-order valence-electron chi connectivity index (χ3n) is 3.33. The first-order valence-electron chi connectivity index (χ1n) is 6.64. The van der Waals surface area contributed by atoms with Gasteiger partial charge in [-0.3, -0.25) is 4.79 Å². The first kappa shape index (κ1) is 14.8. The summed E-state index contributed by atoms with van der Waals surface area (Å²) >= 11 is 3.40. The maximum atomic E-state index is 12.4. The number of hydrogen-bond donors (Lipinski definition) is 0. The van der Waals surface area contributed by atoms with Crippen LogP contribution >= 0.6 is 15.9 Å². The quantitative estimate of drug-likeness (QED) is 0.816. The third kappa shape index (κ3) is 3.70. The molecule has 1 atom stereocenters. The van der Waals surface area contributed by atoms with Gasteiger partial charge in [-0.15, -0.1) is 0 Å². The van der Waals surface area contributed by atoms with Crippen molar-refractivity contribution in [3.8, 4) is 0 Å². The lowest BCUT2D eigenvalue weighted by Crippen LogP contribution is -2.30. The van der Waals surface area contributed by atoms with Gasteiger partial charge in [0.2, 0.25) is 0 Å². The number of halogens is 1. The number of amides is 1. The molecule has 20 heavy (non-hydrogen) atoms. The molecule has 0 aliphatic rings. The molecule has 1 amide bonds. The summed E-state index contributed by atoms with van der Waals surface area (Å²) in [5, 5.41) is 0. The molecule has 0 aliphatic carbocycles. The molecular formula is C17H18BrNO. The summed E-state index contributed by atoms with van der Waals surface area (Å²) in [6, 6.07) is 17.8. The Morgan fingerprint density at radius 1 is 1.15 bits per heavy atom. The van der Waals surface area contributed by atoms with Crippen LogP contribution in [0.4, 0.5) is 0 Å². The highest BCUT2D eigenvalue weighted by Crippen LogP contribution is 2.18. The van der Waals surface area contributed by atoms with Crippen molar-refractivity contribution < 1.29 is 4.79 Å². The highest BCUT2D eigenvalue weighted by Gasteiger charge is 2.15. The second kappa shape index (κ2) is 6.71. The minimum atomic E-state index is 0.0501. The van der Waals surface area contributed by atoms with Crippen molar-refractivity contribution in [3.63, 3.8) is 0 Å². The Morgan fingerprint density at radius 2 is 1.85 bits per heavy atom. The number of hydrogen-bond acceptors (Lipinski definition) is 1. The molecule has 0 aliphatic heterocycles. The fourth-order valence-electron chi connectivity index (χ4n) is 2.22.